The molecule has 30 heavy (non-hydrogen) atoms. The maximum absolute atomic E-state index is 13.2. The molecule has 0 spiro atoms. The molecule has 0 aromatic heterocycles. The summed E-state index contributed by atoms with van der Waals surface area (Å²) in [4.78, 5) is 4.32. The van der Waals surface area contributed by atoms with Crippen LogP contribution in [0.25, 0.3) is 0 Å². The van der Waals surface area contributed by atoms with E-state index in [0.29, 0.717) is 49.0 Å². The van der Waals surface area contributed by atoms with Crippen molar-refractivity contribution in [3.63, 3.8) is 0 Å². The summed E-state index contributed by atoms with van der Waals surface area (Å²) < 4.78 is 55.9. The predicted molar refractivity (Wildman–Crippen MR) is 108 cm³/mol. The summed E-state index contributed by atoms with van der Waals surface area (Å²) in [7, 11) is 4.78. The first-order valence-corrected chi connectivity index (χ1v) is 9.74. The number of methoxy groups -OCH3 is 3. The Bertz CT molecular complexity index is 850. The van der Waals surface area contributed by atoms with Gasteiger partial charge >= 0.3 is 6.18 Å². The van der Waals surface area contributed by atoms with Crippen molar-refractivity contribution in [2.45, 2.75) is 19.3 Å². The van der Waals surface area contributed by atoms with E-state index in [4.69, 9.17) is 14.2 Å². The molecule has 1 saturated heterocycles. The molecule has 2 aromatic rings. The van der Waals surface area contributed by atoms with Crippen LogP contribution in [0.4, 0.5) is 13.2 Å². The summed E-state index contributed by atoms with van der Waals surface area (Å²) in [5.41, 5.74) is 0.744. The van der Waals surface area contributed by atoms with Crippen molar-refractivity contribution in [3.8, 4) is 17.2 Å². The van der Waals surface area contributed by atoms with Crippen LogP contribution < -0.4 is 14.2 Å². The molecule has 0 atom stereocenters. The minimum atomic E-state index is -4.33. The Kier molecular flexibility index (Phi) is 7.10. The topological polar surface area (TPSA) is 34.2 Å². The van der Waals surface area contributed by atoms with E-state index < -0.39 is 11.7 Å². The Balaban J connectivity index is 1.63. The lowest BCUT2D eigenvalue weighted by Crippen LogP contribution is -2.45. The highest BCUT2D eigenvalue weighted by Gasteiger charge is 2.33. The largest absolute Gasteiger partial charge is 0.496 e. The van der Waals surface area contributed by atoms with Crippen LogP contribution in [0.5, 0.6) is 17.2 Å². The van der Waals surface area contributed by atoms with Crippen LogP contribution in [-0.2, 0) is 19.3 Å². The summed E-state index contributed by atoms with van der Waals surface area (Å²) in [6, 6.07) is 9.51. The van der Waals surface area contributed by atoms with Gasteiger partial charge in [-0.05, 0) is 17.7 Å². The average molecular weight is 424 g/mol. The van der Waals surface area contributed by atoms with E-state index in [1.54, 1.807) is 39.5 Å². The lowest BCUT2D eigenvalue weighted by Gasteiger charge is -2.35. The van der Waals surface area contributed by atoms with E-state index in [2.05, 4.69) is 9.80 Å². The summed E-state index contributed by atoms with van der Waals surface area (Å²) in [6.45, 7) is 3.86. The van der Waals surface area contributed by atoms with Gasteiger partial charge in [0.2, 0.25) is 0 Å². The van der Waals surface area contributed by atoms with Gasteiger partial charge in [-0.25, -0.2) is 0 Å². The number of ether oxygens (including phenoxy) is 3. The number of nitrogens with zero attached hydrogens (tertiary/aromatic N) is 2. The molecule has 1 heterocycles. The van der Waals surface area contributed by atoms with Crippen LogP contribution in [0.15, 0.2) is 36.4 Å². The van der Waals surface area contributed by atoms with Crippen molar-refractivity contribution in [3.05, 3.63) is 53.1 Å². The molecule has 0 N–H and O–H groups in total. The lowest BCUT2D eigenvalue weighted by molar-refractivity contribution is -0.138. The second-order valence-electron chi connectivity index (χ2n) is 7.23. The molecule has 0 aliphatic carbocycles. The molecule has 0 bridgehead atoms. The maximum atomic E-state index is 13.2. The van der Waals surface area contributed by atoms with E-state index in [0.717, 1.165) is 24.7 Å². The van der Waals surface area contributed by atoms with Gasteiger partial charge in [-0.2, -0.15) is 13.2 Å². The van der Waals surface area contributed by atoms with Gasteiger partial charge in [0.1, 0.15) is 5.75 Å². The number of halogens is 3. The third-order valence-corrected chi connectivity index (χ3v) is 5.36. The molecule has 8 heteroatoms. The fourth-order valence-electron chi connectivity index (χ4n) is 3.74. The highest BCUT2D eigenvalue weighted by atomic mass is 19.4. The van der Waals surface area contributed by atoms with E-state index in [-0.39, 0.29) is 0 Å². The van der Waals surface area contributed by atoms with Crippen LogP contribution in [0.2, 0.25) is 0 Å². The number of hydrogen-bond donors (Lipinski definition) is 0. The smallest absolute Gasteiger partial charge is 0.416 e. The van der Waals surface area contributed by atoms with Crippen molar-refractivity contribution in [2.75, 3.05) is 47.5 Å². The molecule has 1 aliphatic heterocycles. The molecule has 1 aliphatic rings. The lowest BCUT2D eigenvalue weighted by atomic mass is 10.1. The molecule has 0 unspecified atom stereocenters. The number of benzene rings is 2. The van der Waals surface area contributed by atoms with Gasteiger partial charge in [0.15, 0.2) is 11.5 Å². The van der Waals surface area contributed by atoms with Crippen LogP contribution in [-0.4, -0.2) is 57.3 Å². The summed E-state index contributed by atoms with van der Waals surface area (Å²) >= 11 is 0. The number of piperazine rings is 1. The highest BCUT2D eigenvalue weighted by Crippen LogP contribution is 2.35. The fourth-order valence-corrected chi connectivity index (χ4v) is 3.74. The van der Waals surface area contributed by atoms with Crippen molar-refractivity contribution >= 4 is 0 Å². The molecule has 5 nitrogen and oxygen atoms in total. The quantitative estimate of drug-likeness (QED) is 0.670. The Hall–Kier alpha value is -2.45. The highest BCUT2D eigenvalue weighted by molar-refractivity contribution is 5.50. The molecule has 3 rings (SSSR count). The van der Waals surface area contributed by atoms with E-state index in [9.17, 15) is 13.2 Å². The van der Waals surface area contributed by atoms with Crippen LogP contribution in [0.1, 0.15) is 16.7 Å². The normalized spacial score (nSPS) is 15.8. The molecular formula is C22H27F3N2O3. The van der Waals surface area contributed by atoms with E-state index in [1.807, 2.05) is 6.07 Å². The second kappa shape index (κ2) is 9.57. The molecule has 0 radical (unpaired) electrons. The van der Waals surface area contributed by atoms with Crippen LogP contribution in [0, 0.1) is 0 Å². The molecule has 1 fully saturated rings. The zero-order valence-corrected chi connectivity index (χ0v) is 17.5. The maximum Gasteiger partial charge on any atom is 0.416 e. The SMILES string of the molecule is COc1cc(OC)c(OC)cc1CN1CCN(Cc2ccccc2C(F)(F)F)CC1. The zero-order chi connectivity index (χ0) is 21.7. The minimum Gasteiger partial charge on any atom is -0.496 e. The van der Waals surface area contributed by atoms with Gasteiger partial charge in [-0.1, -0.05) is 18.2 Å². The van der Waals surface area contributed by atoms with Crippen LogP contribution in [0.3, 0.4) is 0 Å². The standard InChI is InChI=1S/C22H27F3N2O3/c1-28-19-13-21(30-3)20(29-2)12-17(19)15-27-10-8-26(9-11-27)14-16-6-4-5-7-18(16)22(23,24)25/h4-7,12-13H,8-11,14-15H2,1-3H3. The first-order valence-electron chi connectivity index (χ1n) is 9.74. The Morgan fingerprint density at radius 3 is 1.77 bits per heavy atom. The predicted octanol–water partition coefficient (Wildman–Crippen LogP) is 4.05. The minimum absolute atomic E-state index is 0.295. The Labute approximate surface area is 174 Å². The fraction of sp³-hybridized carbons (Fsp3) is 0.455. The van der Waals surface area contributed by atoms with Gasteiger partial charge in [-0.15, -0.1) is 0 Å². The summed E-state index contributed by atoms with van der Waals surface area (Å²) in [6.07, 6.45) is -4.33. The number of alkyl halides is 3. The first-order chi connectivity index (χ1) is 14.4. The molecule has 0 amide bonds. The van der Waals surface area contributed by atoms with Crippen molar-refractivity contribution in [1.29, 1.82) is 0 Å². The van der Waals surface area contributed by atoms with E-state index >= 15 is 0 Å². The number of rotatable bonds is 7. The first kappa shape index (κ1) is 22.2. The van der Waals surface area contributed by atoms with Gasteiger partial charge in [0, 0.05) is 50.9 Å². The Morgan fingerprint density at radius 1 is 0.733 bits per heavy atom. The van der Waals surface area contributed by atoms with Crippen molar-refractivity contribution in [1.82, 2.24) is 9.80 Å². The second-order valence-corrected chi connectivity index (χ2v) is 7.23. The summed E-state index contributed by atoms with van der Waals surface area (Å²) in [5, 5.41) is 0. The van der Waals surface area contributed by atoms with Crippen LogP contribution >= 0.6 is 0 Å². The van der Waals surface area contributed by atoms with E-state index in [1.165, 1.54) is 6.07 Å². The van der Waals surface area contributed by atoms with Crippen molar-refractivity contribution in [2.24, 2.45) is 0 Å². The summed E-state index contributed by atoms with van der Waals surface area (Å²) in [5.74, 6) is 1.95. The third-order valence-electron chi connectivity index (χ3n) is 5.36. The van der Waals surface area contributed by atoms with Crippen molar-refractivity contribution < 1.29 is 27.4 Å². The molecule has 0 saturated carbocycles. The van der Waals surface area contributed by atoms with Gasteiger partial charge in [0.25, 0.3) is 0 Å². The van der Waals surface area contributed by atoms with Gasteiger partial charge < -0.3 is 14.2 Å². The Morgan fingerprint density at radius 2 is 1.23 bits per heavy atom. The molecular weight excluding hydrogens is 397 g/mol. The third kappa shape index (κ3) is 5.17. The average Bonchev–Trinajstić information content (AvgIpc) is 2.74. The van der Waals surface area contributed by atoms with Gasteiger partial charge in [0.05, 0.1) is 26.9 Å². The molecule has 2 aromatic carbocycles. The monoisotopic (exact) mass is 424 g/mol. The number of hydrogen-bond acceptors (Lipinski definition) is 5. The van der Waals surface area contributed by atoms with Gasteiger partial charge in [-0.3, -0.25) is 9.80 Å². The molecule has 164 valence electrons. The zero-order valence-electron chi connectivity index (χ0n) is 17.5.